The average Bonchev–Trinajstić information content (AvgIpc) is 2.77. The zero-order valence-electron chi connectivity index (χ0n) is 11.5. The Morgan fingerprint density at radius 1 is 1.26 bits per heavy atom. The lowest BCUT2D eigenvalue weighted by atomic mass is 10.3. The number of hydrogen-bond acceptors (Lipinski definition) is 4. The summed E-state index contributed by atoms with van der Waals surface area (Å²) in [5, 5.41) is 2.95. The van der Waals surface area contributed by atoms with Gasteiger partial charge in [0.1, 0.15) is 0 Å². The standard InChI is InChI=1S/C12H19N5O2/c1-4-6-7-17-9-8(10(18)15-12(17)19)16(5-2)11(13-3)14-9/h4-7H2,1-3H3,(H,13,14)(H,15,18,19). The molecule has 7 heteroatoms. The lowest BCUT2D eigenvalue weighted by Gasteiger charge is -2.05. The van der Waals surface area contributed by atoms with Crippen LogP contribution < -0.4 is 16.6 Å². The third kappa shape index (κ3) is 2.16. The zero-order valence-corrected chi connectivity index (χ0v) is 11.5. The first-order valence-corrected chi connectivity index (χ1v) is 6.55. The van der Waals surface area contributed by atoms with E-state index in [1.807, 2.05) is 6.92 Å². The number of aryl methyl sites for hydroxylation is 2. The third-order valence-electron chi connectivity index (χ3n) is 3.16. The Bertz CT molecular complexity index is 694. The molecule has 0 unspecified atom stereocenters. The van der Waals surface area contributed by atoms with Crippen molar-refractivity contribution in [3.8, 4) is 0 Å². The first-order chi connectivity index (χ1) is 9.13. The van der Waals surface area contributed by atoms with Crippen LogP contribution in [0.25, 0.3) is 11.2 Å². The van der Waals surface area contributed by atoms with Crippen molar-refractivity contribution in [2.24, 2.45) is 0 Å². The van der Waals surface area contributed by atoms with Gasteiger partial charge in [-0.3, -0.25) is 14.3 Å². The van der Waals surface area contributed by atoms with Crippen LogP contribution in [0.3, 0.4) is 0 Å². The van der Waals surface area contributed by atoms with Gasteiger partial charge in [-0.15, -0.1) is 0 Å². The van der Waals surface area contributed by atoms with E-state index in [2.05, 4.69) is 22.2 Å². The number of imidazole rings is 1. The summed E-state index contributed by atoms with van der Waals surface area (Å²) >= 11 is 0. The van der Waals surface area contributed by atoms with Gasteiger partial charge in [0.25, 0.3) is 5.56 Å². The van der Waals surface area contributed by atoms with Crippen molar-refractivity contribution in [2.45, 2.75) is 39.8 Å². The van der Waals surface area contributed by atoms with Crippen LogP contribution in [0.4, 0.5) is 5.95 Å². The zero-order chi connectivity index (χ0) is 14.0. The molecular weight excluding hydrogens is 246 g/mol. The molecule has 2 aromatic rings. The molecule has 0 saturated heterocycles. The summed E-state index contributed by atoms with van der Waals surface area (Å²) in [4.78, 5) is 30.6. The van der Waals surface area contributed by atoms with Crippen molar-refractivity contribution in [2.75, 3.05) is 12.4 Å². The molecule has 0 aromatic carbocycles. The van der Waals surface area contributed by atoms with Gasteiger partial charge in [-0.2, -0.15) is 4.98 Å². The molecule has 0 atom stereocenters. The van der Waals surface area contributed by atoms with Gasteiger partial charge < -0.3 is 9.88 Å². The molecule has 7 nitrogen and oxygen atoms in total. The van der Waals surface area contributed by atoms with Gasteiger partial charge in [-0.25, -0.2) is 4.79 Å². The Labute approximate surface area is 110 Å². The monoisotopic (exact) mass is 265 g/mol. The smallest absolute Gasteiger partial charge is 0.330 e. The second-order valence-electron chi connectivity index (χ2n) is 4.37. The minimum atomic E-state index is -0.394. The van der Waals surface area contributed by atoms with Crippen LogP contribution in [0, 0.1) is 0 Å². The van der Waals surface area contributed by atoms with Crippen LogP contribution in [0.15, 0.2) is 9.59 Å². The highest BCUT2D eigenvalue weighted by atomic mass is 16.2. The molecule has 0 saturated carbocycles. The molecule has 0 spiro atoms. The van der Waals surface area contributed by atoms with Crippen molar-refractivity contribution in [1.29, 1.82) is 0 Å². The van der Waals surface area contributed by atoms with Crippen molar-refractivity contribution < 1.29 is 0 Å². The fraction of sp³-hybridized carbons (Fsp3) is 0.583. The third-order valence-corrected chi connectivity index (χ3v) is 3.16. The summed E-state index contributed by atoms with van der Waals surface area (Å²) in [6.45, 7) is 5.16. The number of nitrogens with zero attached hydrogens (tertiary/aromatic N) is 3. The number of anilines is 1. The number of H-pyrrole nitrogens is 1. The molecule has 0 aliphatic heterocycles. The first-order valence-electron chi connectivity index (χ1n) is 6.55. The fourth-order valence-electron chi connectivity index (χ4n) is 2.19. The van der Waals surface area contributed by atoms with Gasteiger partial charge in [0.05, 0.1) is 0 Å². The van der Waals surface area contributed by atoms with Crippen LogP contribution in [0.2, 0.25) is 0 Å². The fourth-order valence-corrected chi connectivity index (χ4v) is 2.19. The van der Waals surface area contributed by atoms with Gasteiger partial charge in [-0.05, 0) is 13.3 Å². The molecule has 2 heterocycles. The maximum absolute atomic E-state index is 12.0. The highest BCUT2D eigenvalue weighted by Gasteiger charge is 2.16. The van der Waals surface area contributed by atoms with Gasteiger partial charge >= 0.3 is 5.69 Å². The molecule has 0 radical (unpaired) electrons. The summed E-state index contributed by atoms with van der Waals surface area (Å²) in [6.07, 6.45) is 1.84. The minimum absolute atomic E-state index is 0.386. The molecule has 2 rings (SSSR count). The molecule has 0 fully saturated rings. The molecular formula is C12H19N5O2. The average molecular weight is 265 g/mol. The second kappa shape index (κ2) is 5.29. The van der Waals surface area contributed by atoms with Crippen molar-refractivity contribution >= 4 is 17.1 Å². The van der Waals surface area contributed by atoms with E-state index in [1.54, 1.807) is 11.6 Å². The topological polar surface area (TPSA) is 84.7 Å². The van der Waals surface area contributed by atoms with Crippen LogP contribution in [-0.2, 0) is 13.1 Å². The van der Waals surface area contributed by atoms with E-state index in [4.69, 9.17) is 0 Å². The van der Waals surface area contributed by atoms with Crippen molar-refractivity contribution in [3.05, 3.63) is 20.8 Å². The van der Waals surface area contributed by atoms with Crippen LogP contribution >= 0.6 is 0 Å². The maximum Gasteiger partial charge on any atom is 0.330 e. The Hall–Kier alpha value is -2.05. The Balaban J connectivity index is 2.79. The Morgan fingerprint density at radius 3 is 2.58 bits per heavy atom. The molecule has 0 aliphatic rings. The van der Waals surface area contributed by atoms with E-state index in [0.29, 0.717) is 30.2 Å². The summed E-state index contributed by atoms with van der Waals surface area (Å²) < 4.78 is 3.31. The first kappa shape index (κ1) is 13.4. The van der Waals surface area contributed by atoms with Crippen LogP contribution in [0.5, 0.6) is 0 Å². The lowest BCUT2D eigenvalue weighted by Crippen LogP contribution is -2.31. The number of rotatable bonds is 5. The van der Waals surface area contributed by atoms with E-state index in [9.17, 15) is 9.59 Å². The van der Waals surface area contributed by atoms with Gasteiger partial charge in [0, 0.05) is 20.1 Å². The molecule has 2 N–H and O–H groups in total. The highest BCUT2D eigenvalue weighted by Crippen LogP contribution is 2.15. The summed E-state index contributed by atoms with van der Waals surface area (Å²) in [5.74, 6) is 0.596. The van der Waals surface area contributed by atoms with Gasteiger partial charge in [0.2, 0.25) is 5.95 Å². The quantitative estimate of drug-likeness (QED) is 0.835. The number of fused-ring (bicyclic) bond motifs is 1. The summed E-state index contributed by atoms with van der Waals surface area (Å²) in [6, 6.07) is 0. The summed E-state index contributed by atoms with van der Waals surface area (Å²) in [5.41, 5.74) is 0.119. The normalized spacial score (nSPS) is 11.1. The summed E-state index contributed by atoms with van der Waals surface area (Å²) in [7, 11) is 1.75. The second-order valence-corrected chi connectivity index (χ2v) is 4.37. The van der Waals surface area contributed by atoms with Crippen LogP contribution in [-0.4, -0.2) is 26.1 Å². The van der Waals surface area contributed by atoms with Crippen LogP contribution in [0.1, 0.15) is 26.7 Å². The van der Waals surface area contributed by atoms with E-state index in [0.717, 1.165) is 12.8 Å². The van der Waals surface area contributed by atoms with E-state index < -0.39 is 5.69 Å². The molecule has 19 heavy (non-hydrogen) atoms. The largest absolute Gasteiger partial charge is 0.359 e. The molecule has 104 valence electrons. The molecule has 0 amide bonds. The number of hydrogen-bond donors (Lipinski definition) is 2. The van der Waals surface area contributed by atoms with E-state index >= 15 is 0 Å². The van der Waals surface area contributed by atoms with Gasteiger partial charge in [-0.1, -0.05) is 13.3 Å². The number of aromatic amines is 1. The molecule has 0 aliphatic carbocycles. The number of unbranched alkanes of at least 4 members (excludes halogenated alkanes) is 1. The lowest BCUT2D eigenvalue weighted by molar-refractivity contribution is 0.613. The minimum Gasteiger partial charge on any atom is -0.359 e. The Kier molecular flexibility index (Phi) is 3.73. The van der Waals surface area contributed by atoms with Gasteiger partial charge in [0.15, 0.2) is 11.2 Å². The number of aromatic nitrogens is 4. The van der Waals surface area contributed by atoms with E-state index in [1.165, 1.54) is 4.57 Å². The SMILES string of the molecule is CCCCn1c(=O)[nH]c(=O)c2c1nc(NC)n2CC. The van der Waals surface area contributed by atoms with E-state index in [-0.39, 0.29) is 5.56 Å². The predicted molar refractivity (Wildman–Crippen MR) is 74.7 cm³/mol. The predicted octanol–water partition coefficient (Wildman–Crippen LogP) is 0.748. The highest BCUT2D eigenvalue weighted by molar-refractivity contribution is 5.74. The Morgan fingerprint density at radius 2 is 2.00 bits per heavy atom. The molecule has 2 aromatic heterocycles. The van der Waals surface area contributed by atoms with Crippen molar-refractivity contribution in [1.82, 2.24) is 19.1 Å². The van der Waals surface area contributed by atoms with Crippen molar-refractivity contribution in [3.63, 3.8) is 0 Å². The maximum atomic E-state index is 12.0. The molecule has 0 bridgehead atoms. The number of nitrogens with one attached hydrogen (secondary N) is 2.